The van der Waals surface area contributed by atoms with Crippen LogP contribution >= 0.6 is 11.6 Å². The van der Waals surface area contributed by atoms with Crippen molar-refractivity contribution in [1.29, 1.82) is 0 Å². The summed E-state index contributed by atoms with van der Waals surface area (Å²) >= 11 is 6.26. The Morgan fingerprint density at radius 1 is 1.00 bits per heavy atom. The van der Waals surface area contributed by atoms with Crippen molar-refractivity contribution in [2.24, 2.45) is 11.8 Å². The molecule has 1 aliphatic heterocycles. The number of nitrogens with zero attached hydrogens (tertiary/aromatic N) is 2. The summed E-state index contributed by atoms with van der Waals surface area (Å²) in [6.45, 7) is 1.31. The van der Waals surface area contributed by atoms with E-state index in [1.165, 1.54) is 48.7 Å². The van der Waals surface area contributed by atoms with Crippen LogP contribution in [0.25, 0.3) is 0 Å². The highest BCUT2D eigenvalue weighted by Crippen LogP contribution is 2.39. The second kappa shape index (κ2) is 10.7. The maximum atomic E-state index is 13.6. The molecule has 10 heteroatoms. The van der Waals surface area contributed by atoms with E-state index >= 15 is 0 Å². The molecule has 2 atom stereocenters. The molecule has 1 saturated heterocycles. The van der Waals surface area contributed by atoms with Gasteiger partial charge in [0.05, 0.1) is 28.7 Å². The van der Waals surface area contributed by atoms with Crippen molar-refractivity contribution in [3.63, 3.8) is 0 Å². The zero-order valence-corrected chi connectivity index (χ0v) is 21.6. The number of ether oxygens (including phenoxy) is 1. The van der Waals surface area contributed by atoms with Crippen LogP contribution in [0.3, 0.4) is 0 Å². The molecule has 0 bridgehead atoms. The molecule has 3 aromatic rings. The van der Waals surface area contributed by atoms with Gasteiger partial charge >= 0.3 is 5.97 Å². The molecule has 0 spiro atoms. The lowest BCUT2D eigenvalue weighted by molar-refractivity contribution is -0.154. The number of furan rings is 1. The molecule has 1 fully saturated rings. The Kier molecular flexibility index (Phi) is 7.17. The minimum absolute atomic E-state index is 0.0230. The van der Waals surface area contributed by atoms with Crippen molar-refractivity contribution in [1.82, 2.24) is 10.0 Å². The highest BCUT2D eigenvalue weighted by Gasteiger charge is 2.51. The molecule has 0 saturated carbocycles. The second-order valence-electron chi connectivity index (χ2n) is 9.35. The first-order chi connectivity index (χ1) is 18.7. The first kappa shape index (κ1) is 26.1. The van der Waals surface area contributed by atoms with Crippen LogP contribution in [0.4, 0.5) is 0 Å². The number of amides is 3. The molecule has 0 N–H and O–H groups in total. The number of hydrogen-bond donors (Lipinski definition) is 0. The fraction of sp³-hybridized carbons (Fsp3) is 0.207. The summed E-state index contributed by atoms with van der Waals surface area (Å²) in [5, 5.41) is 1.81. The number of hydrogen-bond acceptors (Lipinski definition) is 7. The number of esters is 1. The molecule has 5 rings (SSSR count). The van der Waals surface area contributed by atoms with E-state index in [-0.39, 0.29) is 27.7 Å². The van der Waals surface area contributed by atoms with Gasteiger partial charge < -0.3 is 9.15 Å². The fourth-order valence-electron chi connectivity index (χ4n) is 4.75. The van der Waals surface area contributed by atoms with Gasteiger partial charge in [-0.25, -0.2) is 9.80 Å². The summed E-state index contributed by atoms with van der Waals surface area (Å²) in [7, 11) is 0. The largest absolute Gasteiger partial charge is 0.457 e. The normalized spacial score (nSPS) is 18.4. The minimum Gasteiger partial charge on any atom is -0.457 e. The number of fused-ring (bicyclic) bond motifs is 1. The summed E-state index contributed by atoms with van der Waals surface area (Å²) in [6, 6.07) is 14.9. The van der Waals surface area contributed by atoms with Crippen molar-refractivity contribution in [3.8, 4) is 5.75 Å². The SMILES string of the molecule is CC1=CC[C@H]2C(=O)N(N(CC(=O)c3ccc(OC(=O)c4ccco4)cc3)C(=O)c3ccccc3Cl)C(=O)[C@@H]2C1. The van der Waals surface area contributed by atoms with Crippen LogP contribution in [0.2, 0.25) is 5.02 Å². The molecule has 2 aliphatic rings. The number of rotatable bonds is 7. The van der Waals surface area contributed by atoms with Gasteiger partial charge in [0, 0.05) is 5.56 Å². The Morgan fingerprint density at radius 3 is 2.41 bits per heavy atom. The van der Waals surface area contributed by atoms with Crippen LogP contribution in [-0.2, 0) is 9.59 Å². The highest BCUT2D eigenvalue weighted by molar-refractivity contribution is 6.34. The van der Waals surface area contributed by atoms with Crippen LogP contribution in [0.1, 0.15) is 51.0 Å². The smallest absolute Gasteiger partial charge is 0.379 e. The van der Waals surface area contributed by atoms with Crippen molar-refractivity contribution >= 4 is 41.1 Å². The molecule has 1 aliphatic carbocycles. The maximum absolute atomic E-state index is 13.6. The number of Topliss-reactive ketones (excluding diaryl/α,β-unsaturated/α-hetero) is 1. The number of halogens is 1. The van der Waals surface area contributed by atoms with Gasteiger partial charge in [0.1, 0.15) is 12.3 Å². The van der Waals surface area contributed by atoms with Crippen molar-refractivity contribution in [3.05, 3.63) is 100 Å². The third kappa shape index (κ3) is 5.13. The van der Waals surface area contributed by atoms with E-state index in [0.29, 0.717) is 12.8 Å². The molecule has 2 aromatic carbocycles. The van der Waals surface area contributed by atoms with Gasteiger partial charge in [0.2, 0.25) is 5.76 Å². The van der Waals surface area contributed by atoms with E-state index in [1.807, 2.05) is 13.0 Å². The van der Waals surface area contributed by atoms with Gasteiger partial charge in [0.25, 0.3) is 17.7 Å². The Balaban J connectivity index is 1.40. The highest BCUT2D eigenvalue weighted by atomic mass is 35.5. The van der Waals surface area contributed by atoms with Crippen LogP contribution in [0.15, 0.2) is 83.0 Å². The van der Waals surface area contributed by atoms with E-state index in [0.717, 1.165) is 15.6 Å². The Bertz CT molecular complexity index is 1490. The molecule has 0 radical (unpaired) electrons. The molecular weight excluding hydrogens is 524 g/mol. The standard InChI is InChI=1S/C29H23ClN2O7/c1-17-8-13-20-22(15-17)28(36)32(27(20)35)31(26(34)21-5-2-3-6-23(21)30)16-24(33)18-9-11-19(12-10-18)39-29(37)25-7-4-14-38-25/h2-12,14,20,22H,13,15-16H2,1H3/t20-,22-/m1/s1. The molecular formula is C29H23ClN2O7. The third-order valence-electron chi connectivity index (χ3n) is 6.78. The zero-order valence-electron chi connectivity index (χ0n) is 20.8. The number of benzene rings is 2. The Labute approximate surface area is 228 Å². The quantitative estimate of drug-likeness (QED) is 0.138. The number of carbonyl (C=O) groups is 5. The van der Waals surface area contributed by atoms with Gasteiger partial charge in [-0.05, 0) is 68.3 Å². The van der Waals surface area contributed by atoms with E-state index in [9.17, 15) is 24.0 Å². The molecule has 198 valence electrons. The predicted octanol–water partition coefficient (Wildman–Crippen LogP) is 4.73. The first-order valence-electron chi connectivity index (χ1n) is 12.2. The lowest BCUT2D eigenvalue weighted by Crippen LogP contribution is -2.52. The zero-order chi connectivity index (χ0) is 27.7. The summed E-state index contributed by atoms with van der Waals surface area (Å²) in [5.74, 6) is -4.03. The molecule has 39 heavy (non-hydrogen) atoms. The molecule has 9 nitrogen and oxygen atoms in total. The maximum Gasteiger partial charge on any atom is 0.379 e. The second-order valence-corrected chi connectivity index (χ2v) is 9.76. The molecule has 1 aromatic heterocycles. The number of allylic oxidation sites excluding steroid dienone is 2. The molecule has 0 unspecified atom stereocenters. The van der Waals surface area contributed by atoms with Gasteiger partial charge in [-0.15, -0.1) is 0 Å². The third-order valence-corrected chi connectivity index (χ3v) is 7.11. The molecule has 3 amide bonds. The Hall–Kier alpha value is -4.50. The van der Waals surface area contributed by atoms with Crippen LogP contribution < -0.4 is 4.74 Å². The monoisotopic (exact) mass is 546 g/mol. The number of hydrazine groups is 1. The van der Waals surface area contributed by atoms with Crippen LogP contribution in [-0.4, -0.2) is 46.0 Å². The minimum atomic E-state index is -0.747. The number of ketones is 1. The Morgan fingerprint density at radius 2 is 1.72 bits per heavy atom. The lowest BCUT2D eigenvalue weighted by atomic mass is 9.82. The topological polar surface area (TPSA) is 114 Å². The van der Waals surface area contributed by atoms with Crippen molar-refractivity contribution in [2.75, 3.05) is 6.54 Å². The summed E-state index contributed by atoms with van der Waals surface area (Å²) in [4.78, 5) is 65.8. The molecule has 2 heterocycles. The first-order valence-corrected chi connectivity index (χ1v) is 12.6. The van der Waals surface area contributed by atoms with E-state index in [4.69, 9.17) is 20.8 Å². The van der Waals surface area contributed by atoms with Gasteiger partial charge in [-0.2, -0.15) is 5.01 Å². The van der Waals surface area contributed by atoms with Gasteiger partial charge in [0.15, 0.2) is 5.78 Å². The van der Waals surface area contributed by atoms with E-state index in [1.54, 1.807) is 18.2 Å². The van der Waals surface area contributed by atoms with Crippen molar-refractivity contribution in [2.45, 2.75) is 19.8 Å². The summed E-state index contributed by atoms with van der Waals surface area (Å²) < 4.78 is 10.2. The number of carbonyl (C=O) groups excluding carboxylic acids is 5. The fourth-order valence-corrected chi connectivity index (χ4v) is 4.97. The summed E-state index contributed by atoms with van der Waals surface area (Å²) in [5.41, 5.74) is 1.22. The van der Waals surface area contributed by atoms with Gasteiger partial charge in [-0.3, -0.25) is 19.2 Å². The summed E-state index contributed by atoms with van der Waals surface area (Å²) in [6.07, 6.45) is 4.06. The van der Waals surface area contributed by atoms with E-state index in [2.05, 4.69) is 0 Å². The van der Waals surface area contributed by atoms with Crippen LogP contribution in [0, 0.1) is 11.8 Å². The predicted molar refractivity (Wildman–Crippen MR) is 139 cm³/mol. The average molecular weight is 547 g/mol. The lowest BCUT2D eigenvalue weighted by Gasteiger charge is -2.30. The average Bonchev–Trinajstić information content (AvgIpc) is 3.55. The van der Waals surface area contributed by atoms with E-state index < -0.39 is 47.9 Å². The number of imide groups is 1. The van der Waals surface area contributed by atoms with Crippen LogP contribution in [0.5, 0.6) is 5.75 Å². The van der Waals surface area contributed by atoms with Crippen molar-refractivity contribution < 1.29 is 33.1 Å². The van der Waals surface area contributed by atoms with Gasteiger partial charge in [-0.1, -0.05) is 35.4 Å².